The van der Waals surface area contributed by atoms with Gasteiger partial charge in [-0.15, -0.1) is 0 Å². The number of methoxy groups -OCH3 is 2. The van der Waals surface area contributed by atoms with Gasteiger partial charge < -0.3 is 19.1 Å². The Hall–Kier alpha value is -3.43. The van der Waals surface area contributed by atoms with Crippen LogP contribution in [0.4, 0.5) is 0 Å². The number of hydrazone groups is 1. The number of morpholine rings is 1. The molecule has 208 valence electrons. The number of nitrogens with zero attached hydrogens (tertiary/aromatic N) is 4. The molecule has 2 fully saturated rings. The van der Waals surface area contributed by atoms with E-state index in [4.69, 9.17) is 19.3 Å². The highest BCUT2D eigenvalue weighted by molar-refractivity contribution is 6.03. The van der Waals surface area contributed by atoms with Gasteiger partial charge in [0.2, 0.25) is 5.91 Å². The van der Waals surface area contributed by atoms with Gasteiger partial charge in [0.05, 0.1) is 39.2 Å². The van der Waals surface area contributed by atoms with Gasteiger partial charge in [-0.05, 0) is 31.0 Å². The van der Waals surface area contributed by atoms with Crippen molar-refractivity contribution in [3.8, 4) is 11.5 Å². The van der Waals surface area contributed by atoms with E-state index in [2.05, 4.69) is 4.90 Å². The van der Waals surface area contributed by atoms with Crippen LogP contribution in [0, 0.1) is 5.92 Å². The van der Waals surface area contributed by atoms with Crippen molar-refractivity contribution in [1.82, 2.24) is 14.8 Å². The minimum atomic E-state index is -0.338. The first-order valence-corrected chi connectivity index (χ1v) is 13.8. The van der Waals surface area contributed by atoms with Crippen molar-refractivity contribution >= 4 is 17.5 Å². The lowest BCUT2D eigenvalue weighted by molar-refractivity contribution is -0.145. The van der Waals surface area contributed by atoms with Crippen molar-refractivity contribution in [3.63, 3.8) is 0 Å². The van der Waals surface area contributed by atoms with Crippen LogP contribution in [-0.2, 0) is 14.3 Å². The fraction of sp³-hybridized carbons (Fsp3) is 0.500. The quantitative estimate of drug-likeness (QED) is 0.465. The molecular weight excluding hydrogens is 496 g/mol. The Morgan fingerprint density at radius 1 is 1.05 bits per heavy atom. The van der Waals surface area contributed by atoms with Gasteiger partial charge in [0.15, 0.2) is 0 Å². The van der Waals surface area contributed by atoms with Crippen LogP contribution in [-0.4, -0.2) is 92.5 Å². The summed E-state index contributed by atoms with van der Waals surface area (Å²) in [4.78, 5) is 31.4. The molecule has 0 N–H and O–H groups in total. The van der Waals surface area contributed by atoms with Crippen molar-refractivity contribution in [3.05, 3.63) is 59.7 Å². The van der Waals surface area contributed by atoms with Gasteiger partial charge in [-0.1, -0.05) is 36.8 Å². The molecule has 2 heterocycles. The maximum Gasteiger partial charge on any atom is 0.262 e. The molecule has 9 heteroatoms. The SMILES string of the molecule is COc1cccc(C2=NN(C(=O)CN(CCN3CCOCC3)C(=O)C3CCC3)C(c3ccccc3OC)C2)c1. The lowest BCUT2D eigenvalue weighted by Gasteiger charge is -2.34. The first-order valence-electron chi connectivity index (χ1n) is 13.8. The molecule has 0 radical (unpaired) electrons. The zero-order valence-corrected chi connectivity index (χ0v) is 22.9. The molecule has 1 saturated carbocycles. The minimum Gasteiger partial charge on any atom is -0.497 e. The molecule has 0 spiro atoms. The van der Waals surface area contributed by atoms with Gasteiger partial charge in [-0.2, -0.15) is 5.10 Å². The summed E-state index contributed by atoms with van der Waals surface area (Å²) in [6.45, 7) is 4.33. The van der Waals surface area contributed by atoms with Gasteiger partial charge in [-0.3, -0.25) is 14.5 Å². The van der Waals surface area contributed by atoms with Crippen LogP contribution in [0.5, 0.6) is 11.5 Å². The zero-order valence-electron chi connectivity index (χ0n) is 22.9. The van der Waals surface area contributed by atoms with Crippen LogP contribution in [0.1, 0.15) is 42.9 Å². The Kier molecular flexibility index (Phi) is 8.78. The lowest BCUT2D eigenvalue weighted by atomic mass is 9.84. The van der Waals surface area contributed by atoms with E-state index in [0.717, 1.165) is 61.5 Å². The third-order valence-electron chi connectivity index (χ3n) is 7.95. The summed E-state index contributed by atoms with van der Waals surface area (Å²) in [5, 5.41) is 6.39. The number of hydrogen-bond donors (Lipinski definition) is 0. The van der Waals surface area contributed by atoms with Crippen LogP contribution >= 0.6 is 0 Å². The van der Waals surface area contributed by atoms with E-state index in [0.29, 0.717) is 31.9 Å². The molecule has 2 aliphatic heterocycles. The average Bonchev–Trinajstić information content (AvgIpc) is 3.40. The summed E-state index contributed by atoms with van der Waals surface area (Å²) >= 11 is 0. The Labute approximate surface area is 230 Å². The molecule has 1 atom stereocenters. The van der Waals surface area contributed by atoms with Crippen LogP contribution in [0.15, 0.2) is 53.6 Å². The zero-order chi connectivity index (χ0) is 27.2. The van der Waals surface area contributed by atoms with Crippen LogP contribution in [0.2, 0.25) is 0 Å². The van der Waals surface area contributed by atoms with Crippen molar-refractivity contribution < 1.29 is 23.8 Å². The minimum absolute atomic E-state index is 0.000211. The summed E-state index contributed by atoms with van der Waals surface area (Å²) in [7, 11) is 3.27. The van der Waals surface area contributed by atoms with Crippen molar-refractivity contribution in [2.24, 2.45) is 11.0 Å². The largest absolute Gasteiger partial charge is 0.497 e. The summed E-state index contributed by atoms with van der Waals surface area (Å²) in [5.74, 6) is 1.33. The molecule has 1 saturated heterocycles. The molecule has 9 nitrogen and oxygen atoms in total. The highest BCUT2D eigenvalue weighted by atomic mass is 16.5. The Balaban J connectivity index is 1.40. The Morgan fingerprint density at radius 2 is 1.85 bits per heavy atom. The highest BCUT2D eigenvalue weighted by Gasteiger charge is 2.37. The molecule has 5 rings (SSSR count). The van der Waals surface area contributed by atoms with Gasteiger partial charge in [0, 0.05) is 49.6 Å². The number of ether oxygens (including phenoxy) is 3. The molecule has 2 aromatic rings. The molecule has 39 heavy (non-hydrogen) atoms. The second kappa shape index (κ2) is 12.6. The van der Waals surface area contributed by atoms with Crippen LogP contribution in [0.25, 0.3) is 0 Å². The van der Waals surface area contributed by atoms with E-state index in [1.807, 2.05) is 48.5 Å². The lowest BCUT2D eigenvalue weighted by Crippen LogP contribution is -2.49. The van der Waals surface area contributed by atoms with Crippen molar-refractivity contribution in [1.29, 1.82) is 0 Å². The summed E-state index contributed by atoms with van der Waals surface area (Å²) < 4.78 is 16.5. The Morgan fingerprint density at radius 3 is 2.56 bits per heavy atom. The fourth-order valence-electron chi connectivity index (χ4n) is 5.40. The standard InChI is InChI=1S/C30H38N4O5/c1-37-24-10-6-9-23(19-24)26-20-27(25-11-3-4-12-28(25)38-2)34(31-26)29(35)21-33(30(36)22-7-5-8-22)14-13-32-15-17-39-18-16-32/h3-4,6,9-12,19,22,27H,5,7-8,13-18,20-21H2,1-2H3. The predicted octanol–water partition coefficient (Wildman–Crippen LogP) is 3.34. The van der Waals surface area contributed by atoms with E-state index in [1.54, 1.807) is 24.1 Å². The van der Waals surface area contributed by atoms with E-state index >= 15 is 0 Å². The molecule has 1 aliphatic carbocycles. The van der Waals surface area contributed by atoms with E-state index in [9.17, 15) is 9.59 Å². The molecule has 1 unspecified atom stereocenters. The molecule has 3 aliphatic rings. The topological polar surface area (TPSA) is 83.9 Å². The van der Waals surface area contributed by atoms with E-state index < -0.39 is 0 Å². The fourth-order valence-corrected chi connectivity index (χ4v) is 5.40. The first kappa shape index (κ1) is 27.1. The average molecular weight is 535 g/mol. The second-order valence-electron chi connectivity index (χ2n) is 10.3. The summed E-state index contributed by atoms with van der Waals surface area (Å²) in [6, 6.07) is 15.1. The van der Waals surface area contributed by atoms with Crippen LogP contribution < -0.4 is 9.47 Å². The van der Waals surface area contributed by atoms with Crippen LogP contribution in [0.3, 0.4) is 0 Å². The number of rotatable bonds is 10. The maximum atomic E-state index is 13.9. The third kappa shape index (κ3) is 6.25. The predicted molar refractivity (Wildman–Crippen MR) is 148 cm³/mol. The normalized spacial score (nSPS) is 19.8. The molecule has 2 aromatic carbocycles. The van der Waals surface area contributed by atoms with E-state index in [-0.39, 0.29) is 30.3 Å². The van der Waals surface area contributed by atoms with Gasteiger partial charge in [0.25, 0.3) is 5.91 Å². The number of carbonyl (C=O) groups is 2. The number of para-hydroxylation sites is 1. The molecule has 0 bridgehead atoms. The van der Waals surface area contributed by atoms with Crippen molar-refractivity contribution in [2.75, 3.05) is 60.2 Å². The molecular formula is C30H38N4O5. The van der Waals surface area contributed by atoms with Gasteiger partial charge in [-0.25, -0.2) is 5.01 Å². The third-order valence-corrected chi connectivity index (χ3v) is 7.95. The number of benzene rings is 2. The second-order valence-corrected chi connectivity index (χ2v) is 10.3. The van der Waals surface area contributed by atoms with Gasteiger partial charge in [0.1, 0.15) is 18.0 Å². The number of carbonyl (C=O) groups excluding carboxylic acids is 2. The number of hydrogen-bond acceptors (Lipinski definition) is 7. The maximum absolute atomic E-state index is 13.9. The van der Waals surface area contributed by atoms with E-state index in [1.165, 1.54) is 0 Å². The van der Waals surface area contributed by atoms with Gasteiger partial charge >= 0.3 is 0 Å². The monoisotopic (exact) mass is 534 g/mol. The summed E-state index contributed by atoms with van der Waals surface area (Å²) in [5.41, 5.74) is 2.59. The number of amides is 2. The molecule has 0 aromatic heterocycles. The summed E-state index contributed by atoms with van der Waals surface area (Å²) in [6.07, 6.45) is 3.39. The van der Waals surface area contributed by atoms with Crippen molar-refractivity contribution in [2.45, 2.75) is 31.7 Å². The first-order chi connectivity index (χ1) is 19.1. The Bertz CT molecular complexity index is 1190. The highest BCUT2D eigenvalue weighted by Crippen LogP contribution is 2.38. The molecule has 2 amide bonds. The smallest absolute Gasteiger partial charge is 0.262 e.